The highest BCUT2D eigenvalue weighted by atomic mass is 16.5. The first-order valence-corrected chi connectivity index (χ1v) is 6.32. The summed E-state index contributed by atoms with van der Waals surface area (Å²) in [6.45, 7) is 7.58. The number of anilines is 1. The summed E-state index contributed by atoms with van der Waals surface area (Å²) in [6, 6.07) is 1.70. The van der Waals surface area contributed by atoms with E-state index >= 15 is 0 Å². The molecular weight excluding hydrogens is 230 g/mol. The van der Waals surface area contributed by atoms with E-state index in [1.807, 2.05) is 0 Å². The van der Waals surface area contributed by atoms with Crippen LogP contribution in [0.15, 0.2) is 6.07 Å². The van der Waals surface area contributed by atoms with Crippen molar-refractivity contribution in [3.63, 3.8) is 0 Å². The zero-order valence-corrected chi connectivity index (χ0v) is 11.3. The molecule has 1 aromatic heterocycles. The Bertz CT molecular complexity index is 411. The first kappa shape index (κ1) is 12.9. The first-order valence-electron chi connectivity index (χ1n) is 6.32. The molecular formula is C13H21N3O2. The molecule has 18 heavy (non-hydrogen) atoms. The smallest absolute Gasteiger partial charge is 0.226 e. The number of hydrogen-bond acceptors (Lipinski definition) is 5. The van der Waals surface area contributed by atoms with Crippen LogP contribution in [0, 0.1) is 11.3 Å². The van der Waals surface area contributed by atoms with E-state index in [2.05, 4.69) is 30.7 Å². The van der Waals surface area contributed by atoms with E-state index in [-0.39, 0.29) is 11.4 Å². The summed E-state index contributed by atoms with van der Waals surface area (Å²) in [5.74, 6) is 1.84. The first-order chi connectivity index (χ1) is 8.42. The third-order valence-electron chi connectivity index (χ3n) is 2.51. The lowest BCUT2D eigenvalue weighted by molar-refractivity contribution is 0.190. The summed E-state index contributed by atoms with van der Waals surface area (Å²) in [5.41, 5.74) is 5.72. The molecule has 5 nitrogen and oxygen atoms in total. The molecule has 1 heterocycles. The van der Waals surface area contributed by atoms with Crippen molar-refractivity contribution in [3.8, 4) is 11.8 Å². The van der Waals surface area contributed by atoms with Gasteiger partial charge in [-0.2, -0.15) is 9.97 Å². The van der Waals surface area contributed by atoms with Crippen LogP contribution in [0.5, 0.6) is 11.8 Å². The van der Waals surface area contributed by atoms with Gasteiger partial charge in [0, 0.05) is 0 Å². The molecule has 1 aliphatic rings. The van der Waals surface area contributed by atoms with Crippen LogP contribution in [0.4, 0.5) is 5.95 Å². The molecule has 1 aromatic rings. The molecule has 100 valence electrons. The van der Waals surface area contributed by atoms with E-state index < -0.39 is 0 Å². The quantitative estimate of drug-likeness (QED) is 0.869. The number of rotatable bonds is 5. The van der Waals surface area contributed by atoms with Gasteiger partial charge >= 0.3 is 0 Å². The highest BCUT2D eigenvalue weighted by Gasteiger charge is 2.22. The molecule has 0 atom stereocenters. The topological polar surface area (TPSA) is 70.3 Å². The average Bonchev–Trinajstić information content (AvgIpc) is 3.06. The second kappa shape index (κ2) is 5.00. The molecule has 0 bridgehead atoms. The number of ether oxygens (including phenoxy) is 2. The minimum absolute atomic E-state index is 0.0781. The molecule has 5 heteroatoms. The molecule has 0 saturated heterocycles. The standard InChI is InChI=1S/C13H21N3O2/c1-13(2,3)8-18-11-6-10(15-12(14)16-11)17-7-9-4-5-9/h6,9H,4-5,7-8H2,1-3H3,(H2,14,15,16). The molecule has 1 aliphatic carbocycles. The minimum atomic E-state index is 0.0781. The Morgan fingerprint density at radius 1 is 1.22 bits per heavy atom. The fourth-order valence-electron chi connectivity index (χ4n) is 1.35. The lowest BCUT2D eigenvalue weighted by Gasteiger charge is -2.18. The van der Waals surface area contributed by atoms with Gasteiger partial charge < -0.3 is 15.2 Å². The monoisotopic (exact) mass is 251 g/mol. The lowest BCUT2D eigenvalue weighted by atomic mass is 9.99. The van der Waals surface area contributed by atoms with Gasteiger partial charge in [-0.05, 0) is 24.2 Å². The fourth-order valence-corrected chi connectivity index (χ4v) is 1.35. The summed E-state index contributed by atoms with van der Waals surface area (Å²) in [7, 11) is 0. The molecule has 0 unspecified atom stereocenters. The van der Waals surface area contributed by atoms with Crippen LogP contribution in [0.2, 0.25) is 0 Å². The maximum atomic E-state index is 5.64. The van der Waals surface area contributed by atoms with Gasteiger partial charge in [0.05, 0.1) is 19.3 Å². The second-order valence-electron chi connectivity index (χ2n) is 6.01. The van der Waals surface area contributed by atoms with Gasteiger partial charge in [-0.3, -0.25) is 0 Å². The molecule has 0 spiro atoms. The van der Waals surface area contributed by atoms with Crippen LogP contribution in [0.3, 0.4) is 0 Å². The zero-order valence-electron chi connectivity index (χ0n) is 11.3. The number of aromatic nitrogens is 2. The highest BCUT2D eigenvalue weighted by Crippen LogP contribution is 2.29. The largest absolute Gasteiger partial charge is 0.477 e. The van der Waals surface area contributed by atoms with Crippen molar-refractivity contribution in [2.45, 2.75) is 33.6 Å². The average molecular weight is 251 g/mol. The molecule has 0 aromatic carbocycles. The summed E-state index contributed by atoms with van der Waals surface area (Å²) in [4.78, 5) is 8.09. The van der Waals surface area contributed by atoms with E-state index in [9.17, 15) is 0 Å². The van der Waals surface area contributed by atoms with Crippen molar-refractivity contribution in [1.29, 1.82) is 0 Å². The van der Waals surface area contributed by atoms with Gasteiger partial charge in [-0.15, -0.1) is 0 Å². The molecule has 1 saturated carbocycles. The van der Waals surface area contributed by atoms with E-state index in [0.717, 1.165) is 0 Å². The number of nitrogen functional groups attached to an aromatic ring is 1. The number of hydrogen-bond donors (Lipinski definition) is 1. The van der Waals surface area contributed by atoms with Gasteiger partial charge in [0.1, 0.15) is 0 Å². The Balaban J connectivity index is 1.96. The summed E-state index contributed by atoms with van der Waals surface area (Å²) in [6.07, 6.45) is 2.49. The summed E-state index contributed by atoms with van der Waals surface area (Å²) < 4.78 is 11.2. The molecule has 2 N–H and O–H groups in total. The van der Waals surface area contributed by atoms with Crippen LogP contribution < -0.4 is 15.2 Å². The minimum Gasteiger partial charge on any atom is -0.477 e. The maximum Gasteiger partial charge on any atom is 0.226 e. The Hall–Kier alpha value is -1.52. The normalized spacial score (nSPS) is 15.5. The van der Waals surface area contributed by atoms with Gasteiger partial charge in [0.25, 0.3) is 0 Å². The third-order valence-corrected chi connectivity index (χ3v) is 2.51. The third kappa shape index (κ3) is 4.39. The SMILES string of the molecule is CC(C)(C)COc1cc(OCC2CC2)nc(N)n1. The lowest BCUT2D eigenvalue weighted by Crippen LogP contribution is -2.17. The Morgan fingerprint density at radius 2 is 1.83 bits per heavy atom. The van der Waals surface area contributed by atoms with Crippen LogP contribution in [0.25, 0.3) is 0 Å². The van der Waals surface area contributed by atoms with E-state index in [1.165, 1.54) is 12.8 Å². The van der Waals surface area contributed by atoms with Crippen LogP contribution in [0.1, 0.15) is 33.6 Å². The fraction of sp³-hybridized carbons (Fsp3) is 0.692. The number of nitrogens with zero attached hydrogens (tertiary/aromatic N) is 2. The maximum absolute atomic E-state index is 5.64. The summed E-state index contributed by atoms with van der Waals surface area (Å²) in [5, 5.41) is 0. The Labute approximate surface area is 108 Å². The molecule has 2 rings (SSSR count). The van der Waals surface area contributed by atoms with Gasteiger partial charge in [0.15, 0.2) is 0 Å². The van der Waals surface area contributed by atoms with Crippen molar-refractivity contribution in [2.24, 2.45) is 11.3 Å². The predicted octanol–water partition coefficient (Wildman–Crippen LogP) is 2.27. The Kier molecular flexibility index (Phi) is 3.59. The molecule has 0 aliphatic heterocycles. The zero-order chi connectivity index (χ0) is 13.2. The highest BCUT2D eigenvalue weighted by molar-refractivity contribution is 5.29. The molecule has 0 amide bonds. The molecule has 0 radical (unpaired) electrons. The van der Waals surface area contributed by atoms with Crippen LogP contribution in [-0.2, 0) is 0 Å². The van der Waals surface area contributed by atoms with Crippen molar-refractivity contribution >= 4 is 5.95 Å². The van der Waals surface area contributed by atoms with Gasteiger partial charge in [-0.1, -0.05) is 20.8 Å². The van der Waals surface area contributed by atoms with Gasteiger partial charge in [-0.25, -0.2) is 0 Å². The van der Waals surface area contributed by atoms with Crippen LogP contribution >= 0.6 is 0 Å². The number of nitrogens with two attached hydrogens (primary N) is 1. The van der Waals surface area contributed by atoms with Crippen LogP contribution in [-0.4, -0.2) is 23.2 Å². The Morgan fingerprint density at radius 3 is 2.39 bits per heavy atom. The van der Waals surface area contributed by atoms with Gasteiger partial charge in [0.2, 0.25) is 17.7 Å². The molecule has 1 fully saturated rings. The predicted molar refractivity (Wildman–Crippen MR) is 69.6 cm³/mol. The van der Waals surface area contributed by atoms with Crippen molar-refractivity contribution in [1.82, 2.24) is 9.97 Å². The second-order valence-corrected chi connectivity index (χ2v) is 6.01. The van der Waals surface area contributed by atoms with Crippen molar-refractivity contribution in [2.75, 3.05) is 18.9 Å². The van der Waals surface area contributed by atoms with Crippen molar-refractivity contribution in [3.05, 3.63) is 6.07 Å². The summed E-state index contributed by atoms with van der Waals surface area (Å²) >= 11 is 0. The van der Waals surface area contributed by atoms with Crippen molar-refractivity contribution < 1.29 is 9.47 Å². The van der Waals surface area contributed by atoms with E-state index in [4.69, 9.17) is 15.2 Å². The van der Waals surface area contributed by atoms with E-state index in [1.54, 1.807) is 6.07 Å². The van der Waals surface area contributed by atoms with E-state index in [0.29, 0.717) is 30.9 Å².